The summed E-state index contributed by atoms with van der Waals surface area (Å²) in [6.45, 7) is 0. The molecule has 0 unspecified atom stereocenters. The van der Waals surface area contributed by atoms with Crippen molar-refractivity contribution in [3.63, 3.8) is 0 Å². The molecule has 0 spiro atoms. The number of aromatic nitrogens is 2. The van der Waals surface area contributed by atoms with Crippen LogP contribution in [0.4, 0.5) is 4.39 Å². The molecule has 1 aliphatic rings. The summed E-state index contributed by atoms with van der Waals surface area (Å²) in [7, 11) is 0. The van der Waals surface area contributed by atoms with Crippen LogP contribution in [0.15, 0.2) is 60.9 Å². The second-order valence-electron chi connectivity index (χ2n) is 8.04. The third-order valence-corrected chi connectivity index (χ3v) is 5.92. The first kappa shape index (κ1) is 24.5. The first-order valence-corrected chi connectivity index (χ1v) is 12.3. The molecule has 10 heteroatoms. The van der Waals surface area contributed by atoms with Gasteiger partial charge in [0, 0.05) is 30.6 Å². The molecule has 2 aromatic heterocycles. The van der Waals surface area contributed by atoms with Gasteiger partial charge in [-0.25, -0.2) is 9.37 Å². The largest absolute Gasteiger partial charge is 0.438 e. The van der Waals surface area contributed by atoms with Crippen molar-refractivity contribution in [3.05, 3.63) is 78.0 Å². The number of nitrogens with one attached hydrogen (secondary N) is 2. The smallest absolute Gasteiger partial charge is 0.270 e. The monoisotopic (exact) mass is 496 g/mol. The van der Waals surface area contributed by atoms with Crippen molar-refractivity contribution in [2.45, 2.75) is 37.8 Å². The van der Waals surface area contributed by atoms with Gasteiger partial charge in [-0.1, -0.05) is 12.1 Å². The number of carbonyl (C=O) groups excluding carboxylic acids is 2. The normalized spacial score (nSPS) is 17.3. The lowest BCUT2D eigenvalue weighted by Crippen LogP contribution is -2.44. The molecule has 182 valence electrons. The van der Waals surface area contributed by atoms with Crippen molar-refractivity contribution in [2.24, 2.45) is 0 Å². The lowest BCUT2D eigenvalue weighted by molar-refractivity contribution is 0.0887. The predicted molar refractivity (Wildman–Crippen MR) is 130 cm³/mol. The van der Waals surface area contributed by atoms with Crippen molar-refractivity contribution in [1.29, 1.82) is 0 Å². The van der Waals surface area contributed by atoms with Crippen molar-refractivity contribution in [1.82, 2.24) is 20.6 Å². The number of hydrogen-bond donors (Lipinski definition) is 2. The maximum absolute atomic E-state index is 13.9. The van der Waals surface area contributed by atoms with E-state index in [9.17, 15) is 14.0 Å². The summed E-state index contributed by atoms with van der Waals surface area (Å²) in [6.07, 6.45) is 7.13. The van der Waals surface area contributed by atoms with E-state index in [1.54, 1.807) is 54.9 Å². The predicted octanol–water partition coefficient (Wildman–Crippen LogP) is 4.54. The zero-order valence-electron chi connectivity index (χ0n) is 19.1. The highest BCUT2D eigenvalue weighted by molar-refractivity contribution is 7.94. The van der Waals surface area contributed by atoms with Crippen molar-refractivity contribution < 1.29 is 22.9 Å². The minimum absolute atomic E-state index is 0.00140. The van der Waals surface area contributed by atoms with Crippen LogP contribution in [0.25, 0.3) is 0 Å². The van der Waals surface area contributed by atoms with Gasteiger partial charge >= 0.3 is 0 Å². The number of nitrogens with zero attached hydrogens (tertiary/aromatic N) is 2. The molecule has 0 saturated heterocycles. The number of benzene rings is 1. The van der Waals surface area contributed by atoms with E-state index in [1.807, 2.05) is 0 Å². The standard InChI is InChI=1S/C25H25FN4O4S/c1-35-34-20-6-4-5-19(14-20)33-25-21(13-16(26)15-28-25)23(31)29-17-8-10-18(11-9-17)30-24(32)22-7-2-3-12-27-22/h2-7,12-15,17-18H,8-11H2,1H3,(H,29,31)(H,30,32). The second-order valence-corrected chi connectivity index (χ2v) is 8.54. The van der Waals surface area contributed by atoms with Crippen molar-refractivity contribution in [3.8, 4) is 17.4 Å². The van der Waals surface area contributed by atoms with Gasteiger partial charge in [-0.2, -0.15) is 0 Å². The minimum atomic E-state index is -0.636. The van der Waals surface area contributed by atoms with Crippen molar-refractivity contribution >= 4 is 23.9 Å². The molecule has 1 fully saturated rings. The van der Waals surface area contributed by atoms with Gasteiger partial charge in [-0.05, 0) is 56.0 Å². The Morgan fingerprint density at radius 3 is 2.34 bits per heavy atom. The summed E-state index contributed by atoms with van der Waals surface area (Å²) in [5, 5.41) is 5.94. The molecule has 2 amide bonds. The number of pyridine rings is 2. The first-order chi connectivity index (χ1) is 17.0. The Labute approximate surface area is 206 Å². The molecule has 1 aromatic carbocycles. The summed E-state index contributed by atoms with van der Waals surface area (Å²) < 4.78 is 25.1. The maximum atomic E-state index is 13.9. The zero-order valence-corrected chi connectivity index (χ0v) is 19.9. The zero-order chi connectivity index (χ0) is 24.6. The molecule has 3 aromatic rings. The Morgan fingerprint density at radius 1 is 0.943 bits per heavy atom. The van der Waals surface area contributed by atoms with E-state index in [2.05, 4.69) is 20.6 Å². The van der Waals surface area contributed by atoms with Gasteiger partial charge in [0.15, 0.2) is 0 Å². The summed E-state index contributed by atoms with van der Waals surface area (Å²) in [6, 6.07) is 13.1. The quantitative estimate of drug-likeness (QED) is 0.442. The van der Waals surface area contributed by atoms with Crippen LogP contribution in [0.1, 0.15) is 46.5 Å². The fourth-order valence-electron chi connectivity index (χ4n) is 3.87. The van der Waals surface area contributed by atoms with Crippen LogP contribution in [0.3, 0.4) is 0 Å². The molecule has 2 N–H and O–H groups in total. The Kier molecular flexibility index (Phi) is 8.15. The molecule has 0 radical (unpaired) electrons. The number of halogens is 1. The molecule has 1 saturated carbocycles. The Balaban J connectivity index is 1.36. The second kappa shape index (κ2) is 11.7. The van der Waals surface area contributed by atoms with Crippen LogP contribution in [0.2, 0.25) is 0 Å². The van der Waals surface area contributed by atoms with E-state index < -0.39 is 11.7 Å². The number of rotatable bonds is 8. The fourth-order valence-corrected chi connectivity index (χ4v) is 4.17. The van der Waals surface area contributed by atoms with E-state index in [0.717, 1.165) is 12.3 Å². The Hall–Kier alpha value is -3.66. The van der Waals surface area contributed by atoms with E-state index in [4.69, 9.17) is 8.92 Å². The van der Waals surface area contributed by atoms with E-state index in [1.165, 1.54) is 12.0 Å². The Bertz CT molecular complexity index is 1170. The van der Waals surface area contributed by atoms with Crippen LogP contribution in [-0.2, 0) is 0 Å². The third-order valence-electron chi connectivity index (χ3n) is 5.56. The number of carbonyl (C=O) groups is 2. The SMILES string of the molecule is CSOc1cccc(Oc2ncc(F)cc2C(=O)NC2CCC(NC(=O)c3ccccn3)CC2)c1. The van der Waals surface area contributed by atoms with Gasteiger partial charge in [0.25, 0.3) is 11.8 Å². The average Bonchev–Trinajstić information content (AvgIpc) is 2.87. The van der Waals surface area contributed by atoms with Crippen LogP contribution in [0, 0.1) is 5.82 Å². The van der Waals surface area contributed by atoms with E-state index in [-0.39, 0.29) is 29.4 Å². The lowest BCUT2D eigenvalue weighted by Gasteiger charge is -2.29. The van der Waals surface area contributed by atoms with Crippen LogP contribution >= 0.6 is 12.0 Å². The molecule has 0 atom stereocenters. The fraction of sp³-hybridized carbons (Fsp3) is 0.280. The summed E-state index contributed by atoms with van der Waals surface area (Å²) in [5.41, 5.74) is 0.381. The topological polar surface area (TPSA) is 102 Å². The molecule has 1 aliphatic carbocycles. The molecule has 4 rings (SSSR count). The highest BCUT2D eigenvalue weighted by Crippen LogP contribution is 2.28. The molecular weight excluding hydrogens is 471 g/mol. The minimum Gasteiger partial charge on any atom is -0.438 e. The van der Waals surface area contributed by atoms with Crippen LogP contribution in [-0.4, -0.2) is 40.1 Å². The molecular formula is C25H25FN4O4S. The Morgan fingerprint density at radius 2 is 1.66 bits per heavy atom. The number of ether oxygens (including phenoxy) is 1. The molecule has 2 heterocycles. The van der Waals surface area contributed by atoms with Gasteiger partial charge in [-0.3, -0.25) is 14.6 Å². The first-order valence-electron chi connectivity index (χ1n) is 11.2. The average molecular weight is 497 g/mol. The van der Waals surface area contributed by atoms with Crippen LogP contribution < -0.4 is 19.6 Å². The molecule has 0 bridgehead atoms. The van der Waals surface area contributed by atoms with E-state index in [0.29, 0.717) is 42.9 Å². The summed E-state index contributed by atoms with van der Waals surface area (Å²) in [5.74, 6) is -0.324. The van der Waals surface area contributed by atoms with Gasteiger partial charge in [0.05, 0.1) is 18.2 Å². The molecule has 8 nitrogen and oxygen atoms in total. The van der Waals surface area contributed by atoms with Gasteiger partial charge in [0.1, 0.15) is 28.6 Å². The number of amides is 2. The lowest BCUT2D eigenvalue weighted by atomic mass is 9.91. The van der Waals surface area contributed by atoms with Gasteiger partial charge in [0.2, 0.25) is 5.88 Å². The van der Waals surface area contributed by atoms with Gasteiger partial charge < -0.3 is 19.6 Å². The highest BCUT2D eigenvalue weighted by atomic mass is 32.2. The third kappa shape index (κ3) is 6.69. The van der Waals surface area contributed by atoms with Crippen molar-refractivity contribution in [2.75, 3.05) is 6.26 Å². The number of hydrogen-bond acceptors (Lipinski definition) is 7. The summed E-state index contributed by atoms with van der Waals surface area (Å²) in [4.78, 5) is 33.4. The van der Waals surface area contributed by atoms with E-state index >= 15 is 0 Å². The van der Waals surface area contributed by atoms with Crippen LogP contribution in [0.5, 0.6) is 17.4 Å². The highest BCUT2D eigenvalue weighted by Gasteiger charge is 2.26. The van der Waals surface area contributed by atoms with Gasteiger partial charge in [-0.15, -0.1) is 0 Å². The maximum Gasteiger partial charge on any atom is 0.270 e. The summed E-state index contributed by atoms with van der Waals surface area (Å²) >= 11 is 1.19. The molecule has 0 aliphatic heterocycles. The molecule has 35 heavy (non-hydrogen) atoms.